The van der Waals surface area contributed by atoms with E-state index < -0.39 is 12.3 Å². The van der Waals surface area contributed by atoms with Crippen LogP contribution in [0, 0.1) is 0 Å². The molecule has 0 atom stereocenters. The average molecular weight is 256 g/mol. The molecule has 0 aromatic heterocycles. The van der Waals surface area contributed by atoms with Crippen LogP contribution in [0.4, 0.5) is 14.5 Å². The van der Waals surface area contributed by atoms with Crippen LogP contribution < -0.4 is 5.32 Å². The van der Waals surface area contributed by atoms with Crippen molar-refractivity contribution in [3.63, 3.8) is 0 Å². The number of carbonyl (C=O) groups excluding carboxylic acids is 2. The van der Waals surface area contributed by atoms with Gasteiger partial charge in [-0.25, -0.2) is 0 Å². The molecule has 0 spiro atoms. The zero-order valence-corrected chi connectivity index (χ0v) is 10.1. The number of carbonyl (C=O) groups is 2. The maximum atomic E-state index is 12.2. The molecule has 0 radical (unpaired) electrons. The first-order valence-corrected chi connectivity index (χ1v) is 5.30. The van der Waals surface area contributed by atoms with E-state index in [-0.39, 0.29) is 18.1 Å². The van der Waals surface area contributed by atoms with Gasteiger partial charge in [-0.3, -0.25) is 9.59 Å². The van der Waals surface area contributed by atoms with Crippen LogP contribution in [0.5, 0.6) is 0 Å². The van der Waals surface area contributed by atoms with Crippen LogP contribution in [-0.4, -0.2) is 30.2 Å². The molecule has 0 fully saturated rings. The zero-order valence-electron chi connectivity index (χ0n) is 10.1. The summed E-state index contributed by atoms with van der Waals surface area (Å²) in [6.07, 6.45) is -3.07. The van der Waals surface area contributed by atoms with Gasteiger partial charge in [0, 0.05) is 26.2 Å². The second-order valence-electron chi connectivity index (χ2n) is 3.82. The lowest BCUT2D eigenvalue weighted by molar-refractivity contribution is -0.128. The van der Waals surface area contributed by atoms with E-state index in [0.29, 0.717) is 5.56 Å². The Kier molecular flexibility index (Phi) is 4.76. The molecule has 0 aliphatic carbocycles. The van der Waals surface area contributed by atoms with Gasteiger partial charge in [0.05, 0.1) is 0 Å². The Morgan fingerprint density at radius 1 is 1.33 bits per heavy atom. The maximum absolute atomic E-state index is 12.2. The van der Waals surface area contributed by atoms with Gasteiger partial charge < -0.3 is 10.2 Å². The number of rotatable bonds is 4. The van der Waals surface area contributed by atoms with Crippen LogP contribution >= 0.6 is 0 Å². The molecule has 0 aliphatic rings. The average Bonchev–Trinajstić information content (AvgIpc) is 2.31. The van der Waals surface area contributed by atoms with Crippen molar-refractivity contribution in [2.24, 2.45) is 0 Å². The van der Waals surface area contributed by atoms with E-state index in [1.807, 2.05) is 0 Å². The molecule has 1 aromatic carbocycles. The van der Waals surface area contributed by atoms with Crippen molar-refractivity contribution in [2.75, 3.05) is 12.4 Å². The van der Waals surface area contributed by atoms with Crippen molar-refractivity contribution in [1.29, 1.82) is 0 Å². The fraction of sp³-hybridized carbons (Fsp3) is 0.333. The molecule has 2 amide bonds. The minimum absolute atomic E-state index is 0.148. The first-order valence-electron chi connectivity index (χ1n) is 5.30. The molecular formula is C12H14F2N2O2. The molecule has 0 unspecified atom stereocenters. The van der Waals surface area contributed by atoms with E-state index >= 15 is 0 Å². The lowest BCUT2D eigenvalue weighted by Crippen LogP contribution is -2.25. The lowest BCUT2D eigenvalue weighted by Gasteiger charge is -2.17. The van der Waals surface area contributed by atoms with Gasteiger partial charge in [-0.05, 0) is 11.6 Å². The molecule has 0 saturated carbocycles. The summed E-state index contributed by atoms with van der Waals surface area (Å²) in [5.74, 6) is -1.50. The SMILES string of the molecule is CC(=O)N(C)Cc1ccccc1NC(=O)C(F)F. The number of hydrogen-bond donors (Lipinski definition) is 1. The summed E-state index contributed by atoms with van der Waals surface area (Å²) >= 11 is 0. The molecule has 0 bridgehead atoms. The normalized spacial score (nSPS) is 10.3. The van der Waals surface area contributed by atoms with E-state index in [9.17, 15) is 18.4 Å². The summed E-state index contributed by atoms with van der Waals surface area (Å²) in [4.78, 5) is 23.5. The fourth-order valence-electron chi connectivity index (χ4n) is 1.33. The number of benzene rings is 1. The number of alkyl halides is 2. The van der Waals surface area contributed by atoms with Crippen molar-refractivity contribution in [3.8, 4) is 0 Å². The minimum Gasteiger partial charge on any atom is -0.342 e. The number of anilines is 1. The van der Waals surface area contributed by atoms with E-state index in [4.69, 9.17) is 0 Å². The minimum atomic E-state index is -3.07. The highest BCUT2D eigenvalue weighted by atomic mass is 19.3. The topological polar surface area (TPSA) is 49.4 Å². The molecular weight excluding hydrogens is 242 g/mol. The smallest absolute Gasteiger partial charge is 0.315 e. The second-order valence-corrected chi connectivity index (χ2v) is 3.82. The number of hydrogen-bond acceptors (Lipinski definition) is 2. The van der Waals surface area contributed by atoms with Crippen molar-refractivity contribution in [2.45, 2.75) is 19.9 Å². The molecule has 1 N–H and O–H groups in total. The monoisotopic (exact) mass is 256 g/mol. The van der Waals surface area contributed by atoms with Crippen LogP contribution in [0.3, 0.4) is 0 Å². The molecule has 0 heterocycles. The predicted octanol–water partition coefficient (Wildman–Crippen LogP) is 1.87. The predicted molar refractivity (Wildman–Crippen MR) is 63.2 cm³/mol. The molecule has 6 heteroatoms. The van der Waals surface area contributed by atoms with E-state index in [1.54, 1.807) is 25.2 Å². The standard InChI is InChI=1S/C12H14F2N2O2/c1-8(17)16(2)7-9-5-3-4-6-10(9)15-12(18)11(13)14/h3-6,11H,7H2,1-2H3,(H,15,18). The quantitative estimate of drug-likeness (QED) is 0.894. The number of amides is 2. The maximum Gasteiger partial charge on any atom is 0.315 e. The molecule has 1 aromatic rings. The van der Waals surface area contributed by atoms with Gasteiger partial charge in [0.15, 0.2) is 0 Å². The largest absolute Gasteiger partial charge is 0.342 e. The van der Waals surface area contributed by atoms with Crippen molar-refractivity contribution in [3.05, 3.63) is 29.8 Å². The van der Waals surface area contributed by atoms with Gasteiger partial charge in [-0.15, -0.1) is 0 Å². The van der Waals surface area contributed by atoms with Gasteiger partial charge in [0.25, 0.3) is 5.91 Å². The van der Waals surface area contributed by atoms with Crippen molar-refractivity contribution in [1.82, 2.24) is 4.90 Å². The Morgan fingerprint density at radius 2 is 1.94 bits per heavy atom. The Hall–Kier alpha value is -1.98. The van der Waals surface area contributed by atoms with Gasteiger partial charge in [-0.2, -0.15) is 8.78 Å². The van der Waals surface area contributed by atoms with Crippen LogP contribution in [0.15, 0.2) is 24.3 Å². The van der Waals surface area contributed by atoms with E-state index in [1.165, 1.54) is 17.9 Å². The van der Waals surface area contributed by atoms with Crippen molar-refractivity contribution < 1.29 is 18.4 Å². The molecule has 98 valence electrons. The molecule has 1 rings (SSSR count). The third kappa shape index (κ3) is 3.80. The number of halogens is 2. The first-order chi connectivity index (χ1) is 8.41. The highest BCUT2D eigenvalue weighted by Gasteiger charge is 2.17. The highest BCUT2D eigenvalue weighted by Crippen LogP contribution is 2.17. The van der Waals surface area contributed by atoms with E-state index in [0.717, 1.165) is 0 Å². The second kappa shape index (κ2) is 6.09. The Bertz CT molecular complexity index is 449. The Labute approximate surface area is 104 Å². The van der Waals surface area contributed by atoms with Crippen LogP contribution in [0.1, 0.15) is 12.5 Å². The molecule has 4 nitrogen and oxygen atoms in total. The summed E-state index contributed by atoms with van der Waals surface area (Å²) < 4.78 is 24.3. The van der Waals surface area contributed by atoms with Crippen LogP contribution in [0.2, 0.25) is 0 Å². The summed E-state index contributed by atoms with van der Waals surface area (Å²) in [5, 5.41) is 2.13. The molecule has 0 saturated heterocycles. The molecule has 0 aliphatic heterocycles. The fourth-order valence-corrected chi connectivity index (χ4v) is 1.33. The van der Waals surface area contributed by atoms with Gasteiger partial charge >= 0.3 is 6.43 Å². The lowest BCUT2D eigenvalue weighted by atomic mass is 10.1. The van der Waals surface area contributed by atoms with Crippen LogP contribution in [0.25, 0.3) is 0 Å². The summed E-state index contributed by atoms with van der Waals surface area (Å²) in [7, 11) is 1.59. The number of para-hydroxylation sites is 1. The summed E-state index contributed by atoms with van der Waals surface area (Å²) in [6, 6.07) is 6.52. The number of nitrogens with one attached hydrogen (secondary N) is 1. The zero-order chi connectivity index (χ0) is 13.7. The van der Waals surface area contributed by atoms with E-state index in [2.05, 4.69) is 5.32 Å². The van der Waals surface area contributed by atoms with Crippen LogP contribution in [-0.2, 0) is 16.1 Å². The molecule has 18 heavy (non-hydrogen) atoms. The van der Waals surface area contributed by atoms with Gasteiger partial charge in [0.2, 0.25) is 5.91 Å². The summed E-state index contributed by atoms with van der Waals surface area (Å²) in [5.41, 5.74) is 0.889. The third-order valence-electron chi connectivity index (χ3n) is 2.42. The highest BCUT2D eigenvalue weighted by molar-refractivity contribution is 5.93. The van der Waals surface area contributed by atoms with Gasteiger partial charge in [-0.1, -0.05) is 18.2 Å². The van der Waals surface area contributed by atoms with Gasteiger partial charge in [0.1, 0.15) is 0 Å². The number of nitrogens with zero attached hydrogens (tertiary/aromatic N) is 1. The Balaban J connectivity index is 2.86. The third-order valence-corrected chi connectivity index (χ3v) is 2.42. The van der Waals surface area contributed by atoms with Crippen molar-refractivity contribution >= 4 is 17.5 Å². The summed E-state index contributed by atoms with van der Waals surface area (Å²) in [6.45, 7) is 1.65. The first kappa shape index (κ1) is 14.1. The Morgan fingerprint density at radius 3 is 2.50 bits per heavy atom.